The Morgan fingerprint density at radius 1 is 0.500 bits per heavy atom. The molecule has 2 unspecified atom stereocenters. The van der Waals surface area contributed by atoms with E-state index in [0.29, 0.717) is 17.5 Å². The van der Waals surface area contributed by atoms with Crippen LogP contribution in [0, 0.1) is 91.9 Å². The van der Waals surface area contributed by atoms with Crippen LogP contribution in [0.2, 0.25) is 0 Å². The second-order valence-corrected chi connectivity index (χ2v) is 19.3. The second kappa shape index (κ2) is 19.4. The van der Waals surface area contributed by atoms with Crippen LogP contribution in [0.3, 0.4) is 0 Å². The molecule has 0 fully saturated rings. The van der Waals surface area contributed by atoms with Crippen molar-refractivity contribution in [3.8, 4) is 67.3 Å². The van der Waals surface area contributed by atoms with E-state index in [0.717, 1.165) is 61.2 Å². The number of benzene rings is 7. The molecular weight excluding hydrogens is 1370 g/mol. The molecule has 0 bridgehead atoms. The standard InChI is InChI=1S/C60H42IN3.2U/c1-59(2)53-26-11-10-25-52(53)54-27-14-28-55(60(54,59)3)58-63-56(43-31-29-42(30-32-43)48-24-15-33-61-39-48)62-57(64-58)51-37-49(46-22-12-20-44(34-46)40-16-6-4-7-17-40)36-50(38-51)47-23-13-21-45(35-47)41-18-8-5-9-19-41;;/h4-16,18,20-33,36-39,54H,1-3H3;;/q-4;2*+2. The predicted octanol–water partition coefficient (Wildman–Crippen LogP) is 14.8. The van der Waals surface area contributed by atoms with Gasteiger partial charge in [0.15, 0.2) is 17.5 Å². The molecule has 1 aromatic heterocycles. The molecule has 8 aromatic rings. The molecule has 1 aliphatic heterocycles. The molecule has 6 heteroatoms. The summed E-state index contributed by atoms with van der Waals surface area (Å²) in [6, 6.07) is 67.2. The molecule has 0 spiro atoms. The third-order valence-electron chi connectivity index (χ3n) is 13.4. The fourth-order valence-corrected chi connectivity index (χ4v) is 11.3. The number of allylic oxidation sites excluding steroid dienone is 7. The minimum Gasteiger partial charge on any atom is -0.209 e. The van der Waals surface area contributed by atoms with Crippen molar-refractivity contribution < 1.29 is 62.2 Å². The number of nitrogens with zero attached hydrogens (tertiary/aromatic N) is 3. The molecular formula is C60H42IN3U2. The Balaban J connectivity index is 0.00000274. The van der Waals surface area contributed by atoms with Gasteiger partial charge in [-0.3, -0.25) is 0 Å². The Morgan fingerprint density at radius 3 is 1.65 bits per heavy atom. The topological polar surface area (TPSA) is 38.7 Å². The monoisotopic (exact) mass is 1410 g/mol. The maximum Gasteiger partial charge on any atom is 2.00 e. The normalized spacial score (nSPS) is 17.5. The van der Waals surface area contributed by atoms with E-state index in [1.54, 1.807) is 0 Å². The Labute approximate surface area is 445 Å². The summed E-state index contributed by atoms with van der Waals surface area (Å²) in [5.41, 5.74) is 15.4. The molecule has 11 rings (SSSR count). The molecule has 7 aromatic carbocycles. The van der Waals surface area contributed by atoms with Gasteiger partial charge in [-0.05, 0) is 30.4 Å². The van der Waals surface area contributed by atoms with Gasteiger partial charge >= 0.3 is 62.2 Å². The van der Waals surface area contributed by atoms with Gasteiger partial charge < -0.3 is 0 Å². The van der Waals surface area contributed by atoms with Crippen molar-refractivity contribution in [3.63, 3.8) is 0 Å². The summed E-state index contributed by atoms with van der Waals surface area (Å²) in [5, 5.41) is 0. The van der Waals surface area contributed by atoms with Gasteiger partial charge in [0.1, 0.15) is 0 Å². The largest absolute Gasteiger partial charge is 2.00 e. The van der Waals surface area contributed by atoms with Crippen molar-refractivity contribution in [1.29, 1.82) is 0 Å². The molecule has 0 radical (unpaired) electrons. The summed E-state index contributed by atoms with van der Waals surface area (Å²) in [4.78, 5) is 16.3. The molecule has 3 aliphatic rings. The SMILES string of the molecule is CC1(C)c2ccccc2C2C=CC=C(c3nc(-c4ccc(C5=CC=CI=C5)cc4)nc(-c4cc(-c5[c-]c(-c6[c-]cccc6)ccc5)cc(-c5[c-]c(-c6[c-]cccc6)ccc5)c4)n3)C21C.[U+2].[U+2]. The summed E-state index contributed by atoms with van der Waals surface area (Å²) in [6.45, 7) is 7.15. The van der Waals surface area contributed by atoms with Crippen molar-refractivity contribution in [2.75, 3.05) is 0 Å². The Bertz CT molecular complexity index is 3160. The number of halogens is 1. The zero-order valence-electron chi connectivity index (χ0n) is 36.8. The van der Waals surface area contributed by atoms with Gasteiger partial charge in [-0.25, -0.2) is 26.1 Å². The molecule has 312 valence electrons. The number of fused-ring (bicyclic) bond motifs is 3. The number of hydrogen-bond donors (Lipinski definition) is 0. The van der Waals surface area contributed by atoms with Crippen LogP contribution >= 0.6 is 20.7 Å². The van der Waals surface area contributed by atoms with Crippen LogP contribution in [0.4, 0.5) is 0 Å². The zero-order chi connectivity index (χ0) is 43.3. The van der Waals surface area contributed by atoms with E-state index in [4.69, 9.17) is 15.0 Å². The van der Waals surface area contributed by atoms with Crippen molar-refractivity contribution >= 4 is 35.9 Å². The summed E-state index contributed by atoms with van der Waals surface area (Å²) in [7, 11) is 0. The van der Waals surface area contributed by atoms with Crippen LogP contribution < -0.4 is 0 Å². The van der Waals surface area contributed by atoms with E-state index in [1.807, 2.05) is 36.4 Å². The van der Waals surface area contributed by atoms with E-state index >= 15 is 0 Å². The Kier molecular flexibility index (Phi) is 13.6. The van der Waals surface area contributed by atoms with Crippen molar-refractivity contribution in [3.05, 3.63) is 233 Å². The average molecular weight is 1410 g/mol. The van der Waals surface area contributed by atoms with Gasteiger partial charge in [-0.1, -0.05) is 144 Å². The van der Waals surface area contributed by atoms with Crippen molar-refractivity contribution in [1.82, 2.24) is 15.0 Å². The van der Waals surface area contributed by atoms with Gasteiger partial charge in [0.25, 0.3) is 0 Å². The minimum atomic E-state index is -0.328. The van der Waals surface area contributed by atoms with Crippen LogP contribution in [-0.4, -0.2) is 19.0 Å². The Hall–Kier alpha value is -4.79. The minimum absolute atomic E-state index is 0. The third-order valence-corrected chi connectivity index (χ3v) is 15.2. The zero-order valence-corrected chi connectivity index (χ0v) is 47.3. The molecule has 3 nitrogen and oxygen atoms in total. The van der Waals surface area contributed by atoms with E-state index in [9.17, 15) is 0 Å². The summed E-state index contributed by atoms with van der Waals surface area (Å²) in [5.74, 6) is 2.10. The van der Waals surface area contributed by atoms with E-state index in [1.165, 1.54) is 22.3 Å². The van der Waals surface area contributed by atoms with Gasteiger partial charge in [-0.2, -0.15) is 83.9 Å². The average Bonchev–Trinajstić information content (AvgIpc) is 3.55. The molecule has 0 amide bonds. The molecule has 66 heavy (non-hydrogen) atoms. The maximum absolute atomic E-state index is 5.50. The van der Waals surface area contributed by atoms with E-state index < -0.39 is 0 Å². The third kappa shape index (κ3) is 8.55. The van der Waals surface area contributed by atoms with Gasteiger partial charge in [0, 0.05) is 33.4 Å². The maximum atomic E-state index is 5.50. The fraction of sp³-hybridized carbons (Fsp3) is 0.100. The summed E-state index contributed by atoms with van der Waals surface area (Å²) >= 11 is -0.0769. The van der Waals surface area contributed by atoms with Crippen LogP contribution in [0.15, 0.2) is 186 Å². The van der Waals surface area contributed by atoms with Crippen molar-refractivity contribution in [2.45, 2.75) is 32.1 Å². The molecule has 2 atom stereocenters. The summed E-state index contributed by atoms with van der Waals surface area (Å²) in [6.07, 6.45) is 11.2. The van der Waals surface area contributed by atoms with Gasteiger partial charge in [0.05, 0.1) is 0 Å². The predicted molar refractivity (Wildman–Crippen MR) is 272 cm³/mol. The first-order chi connectivity index (χ1) is 31.3. The molecule has 2 aliphatic carbocycles. The number of rotatable bonds is 8. The first-order valence-corrected chi connectivity index (χ1v) is 24.2. The fourth-order valence-electron chi connectivity index (χ4n) is 9.69. The van der Waals surface area contributed by atoms with Crippen LogP contribution in [0.5, 0.6) is 0 Å². The first kappa shape index (κ1) is 46.3. The molecule has 2 heterocycles. The smallest absolute Gasteiger partial charge is 0.209 e. The molecule has 0 saturated heterocycles. The number of aromatic nitrogens is 3. The quantitative estimate of drug-likeness (QED) is 0.112. The molecule has 0 saturated carbocycles. The van der Waals surface area contributed by atoms with Gasteiger partial charge in [0.2, 0.25) is 0 Å². The van der Waals surface area contributed by atoms with Gasteiger partial charge in [-0.15, -0.1) is 53.6 Å². The Morgan fingerprint density at radius 2 is 1.05 bits per heavy atom. The van der Waals surface area contributed by atoms with Crippen molar-refractivity contribution in [2.24, 2.45) is 5.41 Å². The van der Waals surface area contributed by atoms with E-state index in [-0.39, 0.29) is 99.7 Å². The first-order valence-electron chi connectivity index (χ1n) is 21.7. The molecule has 0 N–H and O–H groups in total. The van der Waals surface area contributed by atoms with Crippen LogP contribution in [0.25, 0.3) is 78.4 Å². The van der Waals surface area contributed by atoms with E-state index in [2.05, 4.69) is 199 Å². The van der Waals surface area contributed by atoms with Crippen LogP contribution in [0.1, 0.15) is 49.2 Å². The van der Waals surface area contributed by atoms with Crippen LogP contribution in [-0.2, 0) is 5.41 Å². The summed E-state index contributed by atoms with van der Waals surface area (Å²) < 4.78 is 4.65. The second-order valence-electron chi connectivity index (χ2n) is 17.2. The number of hydrogen-bond acceptors (Lipinski definition) is 3.